The molecule has 0 aromatic heterocycles. The van der Waals surface area contributed by atoms with Crippen LogP contribution in [0.25, 0.3) is 0 Å². The van der Waals surface area contributed by atoms with Crippen molar-refractivity contribution in [2.75, 3.05) is 13.2 Å². The fourth-order valence-corrected chi connectivity index (χ4v) is 1.84. The largest absolute Gasteiger partial charge is 0.489 e. The molecule has 1 unspecified atom stereocenters. The molecule has 3 N–H and O–H groups in total. The highest BCUT2D eigenvalue weighted by Gasteiger charge is 2.25. The molecule has 0 aliphatic carbocycles. The van der Waals surface area contributed by atoms with Crippen LogP contribution >= 0.6 is 0 Å². The molecule has 1 aromatic carbocycles. The SMILES string of the molecule is CC1(C)COc2ccc(CC(N)C(=O)O)cc2OC1. The van der Waals surface area contributed by atoms with Crippen LogP contribution in [0.1, 0.15) is 19.4 Å². The molecular formula is C14H19NO4. The van der Waals surface area contributed by atoms with Crippen molar-refractivity contribution in [3.8, 4) is 11.5 Å². The first-order valence-electron chi connectivity index (χ1n) is 6.24. The molecule has 1 atom stereocenters. The maximum Gasteiger partial charge on any atom is 0.320 e. The zero-order valence-corrected chi connectivity index (χ0v) is 11.2. The number of benzene rings is 1. The first-order chi connectivity index (χ1) is 8.87. The van der Waals surface area contributed by atoms with Crippen LogP contribution in [-0.4, -0.2) is 30.3 Å². The average Bonchev–Trinajstić information content (AvgIpc) is 2.49. The second-order valence-electron chi connectivity index (χ2n) is 5.67. The van der Waals surface area contributed by atoms with Gasteiger partial charge in [-0.15, -0.1) is 0 Å². The van der Waals surface area contributed by atoms with Crippen LogP contribution in [0.15, 0.2) is 18.2 Å². The summed E-state index contributed by atoms with van der Waals surface area (Å²) < 4.78 is 11.4. The molecule has 104 valence electrons. The molecule has 1 aliphatic rings. The number of fused-ring (bicyclic) bond motifs is 1. The third-order valence-corrected chi connectivity index (χ3v) is 3.02. The van der Waals surface area contributed by atoms with E-state index in [1.165, 1.54) is 0 Å². The van der Waals surface area contributed by atoms with Crippen molar-refractivity contribution in [2.24, 2.45) is 11.1 Å². The van der Waals surface area contributed by atoms with Crippen LogP contribution < -0.4 is 15.2 Å². The zero-order valence-electron chi connectivity index (χ0n) is 11.2. The first-order valence-corrected chi connectivity index (χ1v) is 6.24. The second-order valence-corrected chi connectivity index (χ2v) is 5.67. The minimum Gasteiger partial charge on any atom is -0.489 e. The number of aliphatic carboxylic acids is 1. The summed E-state index contributed by atoms with van der Waals surface area (Å²) in [6.07, 6.45) is 0.273. The number of rotatable bonds is 3. The standard InChI is InChI=1S/C14H19NO4/c1-14(2)7-18-11-4-3-9(5-10(15)13(16)17)6-12(11)19-8-14/h3-4,6,10H,5,7-8,15H2,1-2H3,(H,16,17). The Balaban J connectivity index is 2.16. The van der Waals surface area contributed by atoms with Crippen LogP contribution in [0.3, 0.4) is 0 Å². The lowest BCUT2D eigenvalue weighted by Crippen LogP contribution is -2.32. The molecule has 0 bridgehead atoms. The average molecular weight is 265 g/mol. The van der Waals surface area contributed by atoms with E-state index < -0.39 is 12.0 Å². The Hall–Kier alpha value is -1.75. The van der Waals surface area contributed by atoms with Gasteiger partial charge in [0, 0.05) is 5.41 Å². The normalized spacial score (nSPS) is 18.5. The number of ether oxygens (including phenoxy) is 2. The molecule has 2 rings (SSSR count). The molecule has 5 heteroatoms. The predicted molar refractivity (Wildman–Crippen MR) is 70.5 cm³/mol. The first kappa shape index (κ1) is 13.7. The van der Waals surface area contributed by atoms with Gasteiger partial charge in [-0.05, 0) is 24.1 Å². The monoisotopic (exact) mass is 265 g/mol. The number of carboxylic acid groups (broad SMARTS) is 1. The molecule has 0 amide bonds. The Bertz CT molecular complexity index is 484. The Kier molecular flexibility index (Phi) is 3.66. The van der Waals surface area contributed by atoms with E-state index in [9.17, 15) is 4.79 Å². The summed E-state index contributed by atoms with van der Waals surface area (Å²) in [6.45, 7) is 5.29. The highest BCUT2D eigenvalue weighted by atomic mass is 16.5. The summed E-state index contributed by atoms with van der Waals surface area (Å²) in [6, 6.07) is 4.53. The van der Waals surface area contributed by atoms with Crippen molar-refractivity contribution in [3.63, 3.8) is 0 Å². The molecule has 0 fully saturated rings. The molecule has 19 heavy (non-hydrogen) atoms. The van der Waals surface area contributed by atoms with Crippen LogP contribution in [0, 0.1) is 5.41 Å². The maximum atomic E-state index is 10.8. The number of carbonyl (C=O) groups is 1. The van der Waals surface area contributed by atoms with Gasteiger partial charge in [-0.2, -0.15) is 0 Å². The third-order valence-electron chi connectivity index (χ3n) is 3.02. The van der Waals surface area contributed by atoms with Crippen molar-refractivity contribution in [2.45, 2.75) is 26.3 Å². The number of hydrogen-bond donors (Lipinski definition) is 2. The van der Waals surface area contributed by atoms with Gasteiger partial charge in [0.15, 0.2) is 11.5 Å². The fourth-order valence-electron chi connectivity index (χ4n) is 1.84. The molecule has 0 radical (unpaired) electrons. The van der Waals surface area contributed by atoms with E-state index >= 15 is 0 Å². The number of carboxylic acids is 1. The predicted octanol–water partition coefficient (Wildman–Crippen LogP) is 1.44. The molecule has 1 heterocycles. The lowest BCUT2D eigenvalue weighted by atomic mass is 9.97. The minimum atomic E-state index is -1.01. The summed E-state index contributed by atoms with van der Waals surface area (Å²) in [7, 11) is 0. The van der Waals surface area contributed by atoms with Gasteiger partial charge in [0.05, 0.1) is 13.2 Å². The van der Waals surface area contributed by atoms with Crippen molar-refractivity contribution in [1.82, 2.24) is 0 Å². The van der Waals surface area contributed by atoms with E-state index in [1.54, 1.807) is 12.1 Å². The van der Waals surface area contributed by atoms with Gasteiger partial charge in [0.25, 0.3) is 0 Å². The van der Waals surface area contributed by atoms with Gasteiger partial charge in [-0.25, -0.2) is 0 Å². The van der Waals surface area contributed by atoms with Crippen molar-refractivity contribution in [3.05, 3.63) is 23.8 Å². The Morgan fingerprint density at radius 1 is 1.37 bits per heavy atom. The van der Waals surface area contributed by atoms with Gasteiger partial charge in [0.1, 0.15) is 6.04 Å². The van der Waals surface area contributed by atoms with Gasteiger partial charge in [-0.3, -0.25) is 4.79 Å². The lowest BCUT2D eigenvalue weighted by molar-refractivity contribution is -0.138. The fraction of sp³-hybridized carbons (Fsp3) is 0.500. The van der Waals surface area contributed by atoms with Gasteiger partial charge in [0.2, 0.25) is 0 Å². The van der Waals surface area contributed by atoms with E-state index in [1.807, 2.05) is 6.07 Å². The summed E-state index contributed by atoms with van der Waals surface area (Å²) in [5.41, 5.74) is 6.31. The van der Waals surface area contributed by atoms with Gasteiger partial charge in [-0.1, -0.05) is 19.9 Å². The smallest absolute Gasteiger partial charge is 0.320 e. The van der Waals surface area contributed by atoms with E-state index in [-0.39, 0.29) is 11.8 Å². The second kappa shape index (κ2) is 5.09. The summed E-state index contributed by atoms with van der Waals surface area (Å²) >= 11 is 0. The minimum absolute atomic E-state index is 0.0450. The molecule has 0 saturated heterocycles. The third kappa shape index (κ3) is 3.38. The van der Waals surface area contributed by atoms with E-state index in [2.05, 4.69) is 13.8 Å². The van der Waals surface area contributed by atoms with Crippen molar-refractivity contribution >= 4 is 5.97 Å². The van der Waals surface area contributed by atoms with Crippen LogP contribution in [0.4, 0.5) is 0 Å². The van der Waals surface area contributed by atoms with E-state index in [0.29, 0.717) is 24.7 Å². The zero-order chi connectivity index (χ0) is 14.0. The molecule has 0 saturated carbocycles. The molecule has 5 nitrogen and oxygen atoms in total. The maximum absolute atomic E-state index is 10.8. The highest BCUT2D eigenvalue weighted by Crippen LogP contribution is 2.34. The Labute approximate surface area is 112 Å². The van der Waals surface area contributed by atoms with E-state index in [4.69, 9.17) is 20.3 Å². The number of hydrogen-bond acceptors (Lipinski definition) is 4. The summed E-state index contributed by atoms with van der Waals surface area (Å²) in [5, 5.41) is 8.81. The lowest BCUT2D eigenvalue weighted by Gasteiger charge is -2.19. The van der Waals surface area contributed by atoms with Crippen LogP contribution in [-0.2, 0) is 11.2 Å². The highest BCUT2D eigenvalue weighted by molar-refractivity contribution is 5.73. The molecular weight excluding hydrogens is 246 g/mol. The Morgan fingerprint density at radius 2 is 2.00 bits per heavy atom. The summed E-state index contributed by atoms with van der Waals surface area (Å²) in [5.74, 6) is 0.340. The Morgan fingerprint density at radius 3 is 2.63 bits per heavy atom. The van der Waals surface area contributed by atoms with Crippen molar-refractivity contribution < 1.29 is 19.4 Å². The van der Waals surface area contributed by atoms with Gasteiger partial charge >= 0.3 is 5.97 Å². The van der Waals surface area contributed by atoms with E-state index in [0.717, 1.165) is 5.56 Å². The van der Waals surface area contributed by atoms with Crippen molar-refractivity contribution in [1.29, 1.82) is 0 Å². The quantitative estimate of drug-likeness (QED) is 0.864. The number of nitrogens with two attached hydrogens (primary N) is 1. The molecule has 0 spiro atoms. The molecule has 1 aromatic rings. The topological polar surface area (TPSA) is 81.8 Å². The summed E-state index contributed by atoms with van der Waals surface area (Å²) in [4.78, 5) is 10.8. The van der Waals surface area contributed by atoms with Crippen LogP contribution in [0.5, 0.6) is 11.5 Å². The van der Waals surface area contributed by atoms with Gasteiger partial charge < -0.3 is 20.3 Å². The van der Waals surface area contributed by atoms with Crippen LogP contribution in [0.2, 0.25) is 0 Å². The molecule has 1 aliphatic heterocycles.